The van der Waals surface area contributed by atoms with Gasteiger partial charge in [-0.2, -0.15) is 0 Å². The lowest BCUT2D eigenvalue weighted by molar-refractivity contribution is 0.474. The van der Waals surface area contributed by atoms with E-state index in [-0.39, 0.29) is 11.5 Å². The molecule has 0 aliphatic carbocycles. The van der Waals surface area contributed by atoms with Crippen LogP contribution >= 0.6 is 0 Å². The molecule has 0 atom stereocenters. The topological polar surface area (TPSA) is 68.4 Å². The summed E-state index contributed by atoms with van der Waals surface area (Å²) in [6.45, 7) is 1.26. The highest BCUT2D eigenvalue weighted by Gasteiger charge is 2.01. The number of anilines is 1. The van der Waals surface area contributed by atoms with Crippen LogP contribution in [0.15, 0.2) is 52.4 Å². The number of para-hydroxylation sites is 1. The summed E-state index contributed by atoms with van der Waals surface area (Å²) in [6, 6.07) is 12.5. The number of aromatic hydroxyl groups is 2. The smallest absolute Gasteiger partial charge is 0.124 e. The molecule has 126 valence electrons. The van der Waals surface area contributed by atoms with Gasteiger partial charge in [-0.1, -0.05) is 12.1 Å². The third-order valence-corrected chi connectivity index (χ3v) is 3.50. The van der Waals surface area contributed by atoms with Gasteiger partial charge in [0, 0.05) is 56.4 Å². The molecule has 0 aliphatic rings. The normalized spacial score (nSPS) is 11.4. The molecule has 0 fully saturated rings. The first-order chi connectivity index (χ1) is 11.6. The van der Waals surface area contributed by atoms with Gasteiger partial charge in [-0.05, 0) is 36.8 Å². The summed E-state index contributed by atoms with van der Waals surface area (Å²) in [5.41, 5.74) is 2.44. The Labute approximate surface area is 142 Å². The van der Waals surface area contributed by atoms with E-state index in [1.165, 1.54) is 0 Å². The van der Waals surface area contributed by atoms with Gasteiger partial charge in [0.2, 0.25) is 0 Å². The number of nitrogens with zero attached hydrogens (tertiary/aromatic N) is 3. The molecular weight excluding hydrogens is 302 g/mol. The van der Waals surface area contributed by atoms with Crippen LogP contribution < -0.4 is 4.90 Å². The molecule has 5 nitrogen and oxygen atoms in total. The third-order valence-electron chi connectivity index (χ3n) is 3.50. The molecule has 0 saturated heterocycles. The minimum atomic E-state index is 0.224. The second-order valence-electron chi connectivity index (χ2n) is 5.62. The Kier molecular flexibility index (Phi) is 6.37. The minimum absolute atomic E-state index is 0.224. The van der Waals surface area contributed by atoms with Gasteiger partial charge in [-0.3, -0.25) is 9.98 Å². The summed E-state index contributed by atoms with van der Waals surface area (Å²) >= 11 is 0. The highest BCUT2D eigenvalue weighted by atomic mass is 16.3. The summed E-state index contributed by atoms with van der Waals surface area (Å²) in [6.07, 6.45) is 4.16. The Balaban J connectivity index is 1.81. The van der Waals surface area contributed by atoms with Gasteiger partial charge in [0.1, 0.15) is 11.5 Å². The number of aliphatic imine (C=N–C) groups is 2. The first-order valence-electron chi connectivity index (χ1n) is 7.86. The predicted molar refractivity (Wildman–Crippen MR) is 100 cm³/mol. The van der Waals surface area contributed by atoms with Crippen LogP contribution in [0.4, 0.5) is 5.69 Å². The van der Waals surface area contributed by atoms with Crippen molar-refractivity contribution in [3.63, 3.8) is 0 Å². The summed E-state index contributed by atoms with van der Waals surface area (Å²) < 4.78 is 0. The second kappa shape index (κ2) is 8.72. The Morgan fingerprint density at radius 3 is 2.17 bits per heavy atom. The average molecular weight is 325 g/mol. The van der Waals surface area contributed by atoms with E-state index in [2.05, 4.69) is 9.98 Å². The zero-order valence-corrected chi connectivity index (χ0v) is 14.1. The van der Waals surface area contributed by atoms with Gasteiger partial charge >= 0.3 is 0 Å². The standard InChI is InChI=1S/C19H23N3O2/c1-22(2)17-8-9-19(24)16(12-17)14-21-11-5-10-20-13-15-6-3-4-7-18(15)23/h3-4,6-9,12-14,23-24H,5,10-11H2,1-2H3. The van der Waals surface area contributed by atoms with E-state index in [0.717, 1.165) is 12.1 Å². The molecule has 2 aromatic rings. The van der Waals surface area contributed by atoms with Gasteiger partial charge in [0.15, 0.2) is 0 Å². The van der Waals surface area contributed by atoms with Gasteiger partial charge in [-0.15, -0.1) is 0 Å². The zero-order valence-electron chi connectivity index (χ0n) is 14.1. The lowest BCUT2D eigenvalue weighted by atomic mass is 10.2. The average Bonchev–Trinajstić information content (AvgIpc) is 2.56. The van der Waals surface area contributed by atoms with Gasteiger partial charge in [0.25, 0.3) is 0 Å². The molecular formula is C19H23N3O2. The minimum Gasteiger partial charge on any atom is -0.507 e. The van der Waals surface area contributed by atoms with Crippen molar-refractivity contribution in [2.45, 2.75) is 6.42 Å². The highest BCUT2D eigenvalue weighted by Crippen LogP contribution is 2.21. The predicted octanol–water partition coefficient (Wildman–Crippen LogP) is 3.09. The molecule has 24 heavy (non-hydrogen) atoms. The Morgan fingerprint density at radius 2 is 1.50 bits per heavy atom. The summed E-state index contributed by atoms with van der Waals surface area (Å²) in [4.78, 5) is 10.6. The van der Waals surface area contributed by atoms with E-state index in [1.807, 2.05) is 43.3 Å². The number of phenols is 2. The summed E-state index contributed by atoms with van der Waals surface area (Å²) in [5, 5.41) is 19.5. The molecule has 0 aliphatic heterocycles. The van der Waals surface area contributed by atoms with E-state index in [1.54, 1.807) is 30.6 Å². The lowest BCUT2D eigenvalue weighted by Crippen LogP contribution is -2.08. The third kappa shape index (κ3) is 5.12. The number of rotatable bonds is 7. The van der Waals surface area contributed by atoms with Crippen LogP contribution in [0.1, 0.15) is 17.5 Å². The van der Waals surface area contributed by atoms with E-state index in [0.29, 0.717) is 24.2 Å². The maximum atomic E-state index is 9.85. The second-order valence-corrected chi connectivity index (χ2v) is 5.62. The van der Waals surface area contributed by atoms with Crippen LogP contribution in [0, 0.1) is 0 Å². The van der Waals surface area contributed by atoms with Crippen LogP contribution in [0.2, 0.25) is 0 Å². The van der Waals surface area contributed by atoms with Crippen LogP contribution in [-0.2, 0) is 0 Å². The van der Waals surface area contributed by atoms with Crippen LogP contribution in [0.25, 0.3) is 0 Å². The molecule has 0 amide bonds. The molecule has 0 radical (unpaired) electrons. The van der Waals surface area contributed by atoms with Crippen LogP contribution in [0.5, 0.6) is 11.5 Å². The number of hydrogen-bond acceptors (Lipinski definition) is 5. The molecule has 0 heterocycles. The maximum Gasteiger partial charge on any atom is 0.124 e. The monoisotopic (exact) mass is 325 g/mol. The first kappa shape index (κ1) is 17.5. The van der Waals surface area contributed by atoms with Crippen LogP contribution in [0.3, 0.4) is 0 Å². The van der Waals surface area contributed by atoms with Crippen molar-refractivity contribution in [1.82, 2.24) is 0 Å². The molecule has 2 aromatic carbocycles. The van der Waals surface area contributed by atoms with E-state index < -0.39 is 0 Å². The van der Waals surface area contributed by atoms with Crippen molar-refractivity contribution in [2.75, 3.05) is 32.1 Å². The largest absolute Gasteiger partial charge is 0.507 e. The fraction of sp³-hybridized carbons (Fsp3) is 0.263. The zero-order chi connectivity index (χ0) is 17.4. The van der Waals surface area contributed by atoms with E-state index in [4.69, 9.17) is 0 Å². The maximum absolute atomic E-state index is 9.85. The number of hydrogen-bond donors (Lipinski definition) is 2. The molecule has 0 spiro atoms. The number of benzene rings is 2. The fourth-order valence-corrected chi connectivity index (χ4v) is 2.10. The summed E-state index contributed by atoms with van der Waals surface area (Å²) in [5.74, 6) is 0.456. The molecule has 0 saturated carbocycles. The number of phenolic OH excluding ortho intramolecular Hbond substituents is 2. The van der Waals surface area contributed by atoms with Gasteiger partial charge < -0.3 is 15.1 Å². The molecule has 5 heteroatoms. The Hall–Kier alpha value is -2.82. The SMILES string of the molecule is CN(C)c1ccc(O)c(C=NCCCN=Cc2ccccc2O)c1. The van der Waals surface area contributed by atoms with Gasteiger partial charge in [0.05, 0.1) is 0 Å². The summed E-state index contributed by atoms with van der Waals surface area (Å²) in [7, 11) is 3.91. The molecule has 0 unspecified atom stereocenters. The van der Waals surface area contributed by atoms with Crippen molar-refractivity contribution in [3.8, 4) is 11.5 Å². The van der Waals surface area contributed by atoms with Crippen LogP contribution in [-0.4, -0.2) is 49.8 Å². The quantitative estimate of drug-likeness (QED) is 0.607. The lowest BCUT2D eigenvalue weighted by Gasteiger charge is -2.13. The van der Waals surface area contributed by atoms with Crippen molar-refractivity contribution in [2.24, 2.45) is 9.98 Å². The van der Waals surface area contributed by atoms with E-state index >= 15 is 0 Å². The van der Waals surface area contributed by atoms with E-state index in [9.17, 15) is 10.2 Å². The van der Waals surface area contributed by atoms with Crippen molar-refractivity contribution in [3.05, 3.63) is 53.6 Å². The molecule has 0 bridgehead atoms. The Bertz CT molecular complexity index is 724. The van der Waals surface area contributed by atoms with Gasteiger partial charge in [-0.25, -0.2) is 0 Å². The molecule has 0 aromatic heterocycles. The fourth-order valence-electron chi connectivity index (χ4n) is 2.10. The molecule has 2 N–H and O–H groups in total. The highest BCUT2D eigenvalue weighted by molar-refractivity contribution is 5.85. The van der Waals surface area contributed by atoms with Crippen molar-refractivity contribution >= 4 is 18.1 Å². The Morgan fingerprint density at radius 1 is 0.875 bits per heavy atom. The first-order valence-corrected chi connectivity index (χ1v) is 7.86. The van der Waals surface area contributed by atoms with Crippen molar-refractivity contribution < 1.29 is 10.2 Å². The molecule has 2 rings (SSSR count). The van der Waals surface area contributed by atoms with Crippen molar-refractivity contribution in [1.29, 1.82) is 0 Å².